The molecule has 0 saturated carbocycles. The summed E-state index contributed by atoms with van der Waals surface area (Å²) in [6.45, 7) is 8.49. The highest BCUT2D eigenvalue weighted by Crippen LogP contribution is 2.29. The van der Waals surface area contributed by atoms with E-state index in [0.717, 1.165) is 38.6 Å². The first-order valence-electron chi connectivity index (χ1n) is 8.12. The maximum absolute atomic E-state index is 5.06. The molecule has 0 spiro atoms. The first kappa shape index (κ1) is 20.0. The maximum atomic E-state index is 5.06. The topological polar surface area (TPSA) is 48.9 Å². The Balaban J connectivity index is 0.00000264. The molecule has 0 fully saturated rings. The van der Waals surface area contributed by atoms with Gasteiger partial charge in [0, 0.05) is 38.5 Å². The van der Waals surface area contributed by atoms with Crippen LogP contribution in [0.1, 0.15) is 19.4 Å². The Kier molecular flexibility index (Phi) is 9.31. The SMILES string of the molecule is CCNC(=NCC(C)N1CCc2ccccc21)NCCOC.I. The number of fused-ring (bicyclic) bond motifs is 1. The summed E-state index contributed by atoms with van der Waals surface area (Å²) in [6, 6.07) is 9.06. The molecule has 0 saturated heterocycles. The summed E-state index contributed by atoms with van der Waals surface area (Å²) in [5.41, 5.74) is 2.81. The monoisotopic (exact) mass is 432 g/mol. The van der Waals surface area contributed by atoms with Gasteiger partial charge in [-0.25, -0.2) is 0 Å². The number of benzene rings is 1. The molecule has 1 aliphatic rings. The van der Waals surface area contributed by atoms with Crippen molar-refractivity contribution in [3.8, 4) is 0 Å². The maximum Gasteiger partial charge on any atom is 0.191 e. The van der Waals surface area contributed by atoms with Crippen LogP contribution in [-0.4, -0.2) is 51.9 Å². The Labute approximate surface area is 156 Å². The van der Waals surface area contributed by atoms with Crippen molar-refractivity contribution in [2.45, 2.75) is 26.3 Å². The number of methoxy groups -OCH3 is 1. The summed E-state index contributed by atoms with van der Waals surface area (Å²) >= 11 is 0. The lowest BCUT2D eigenvalue weighted by molar-refractivity contribution is 0.203. The van der Waals surface area contributed by atoms with E-state index in [1.54, 1.807) is 7.11 Å². The molecule has 1 atom stereocenters. The van der Waals surface area contributed by atoms with E-state index in [1.807, 2.05) is 0 Å². The van der Waals surface area contributed by atoms with Gasteiger partial charge in [-0.1, -0.05) is 18.2 Å². The van der Waals surface area contributed by atoms with E-state index in [2.05, 4.69) is 53.6 Å². The zero-order valence-corrected chi connectivity index (χ0v) is 16.7. The fourth-order valence-electron chi connectivity index (χ4n) is 2.76. The first-order chi connectivity index (χ1) is 10.8. The Bertz CT molecular complexity index is 495. The zero-order chi connectivity index (χ0) is 15.8. The van der Waals surface area contributed by atoms with Crippen LogP contribution in [-0.2, 0) is 11.2 Å². The fraction of sp³-hybridized carbons (Fsp3) is 0.588. The molecule has 0 aromatic heterocycles. The minimum Gasteiger partial charge on any atom is -0.383 e. The molecular formula is C17H29IN4O. The van der Waals surface area contributed by atoms with Gasteiger partial charge in [-0.15, -0.1) is 24.0 Å². The number of halogens is 1. The van der Waals surface area contributed by atoms with E-state index >= 15 is 0 Å². The van der Waals surface area contributed by atoms with E-state index in [1.165, 1.54) is 11.3 Å². The zero-order valence-electron chi connectivity index (χ0n) is 14.3. The second-order valence-corrected chi connectivity index (χ2v) is 5.56. The summed E-state index contributed by atoms with van der Waals surface area (Å²) in [6.07, 6.45) is 1.14. The molecule has 1 aliphatic heterocycles. The second kappa shape index (κ2) is 10.7. The molecule has 23 heavy (non-hydrogen) atoms. The Hall–Kier alpha value is -1.02. The molecule has 0 bridgehead atoms. The Morgan fingerprint density at radius 3 is 2.87 bits per heavy atom. The number of hydrogen-bond acceptors (Lipinski definition) is 3. The predicted molar refractivity (Wildman–Crippen MR) is 108 cm³/mol. The van der Waals surface area contributed by atoms with Crippen LogP contribution in [0.25, 0.3) is 0 Å². The largest absolute Gasteiger partial charge is 0.383 e. The van der Waals surface area contributed by atoms with Gasteiger partial charge in [0.15, 0.2) is 5.96 Å². The third-order valence-electron chi connectivity index (χ3n) is 3.91. The van der Waals surface area contributed by atoms with Crippen LogP contribution in [0.2, 0.25) is 0 Å². The molecule has 0 radical (unpaired) electrons. The number of nitrogens with one attached hydrogen (secondary N) is 2. The number of aliphatic imine (C=N–C) groups is 1. The molecule has 2 rings (SSSR count). The van der Waals surface area contributed by atoms with Crippen LogP contribution in [0.4, 0.5) is 5.69 Å². The molecule has 1 unspecified atom stereocenters. The van der Waals surface area contributed by atoms with Gasteiger partial charge in [0.2, 0.25) is 0 Å². The highest BCUT2D eigenvalue weighted by atomic mass is 127. The van der Waals surface area contributed by atoms with Gasteiger partial charge in [-0.2, -0.15) is 0 Å². The van der Waals surface area contributed by atoms with Gasteiger partial charge in [0.1, 0.15) is 0 Å². The van der Waals surface area contributed by atoms with E-state index in [-0.39, 0.29) is 24.0 Å². The molecule has 130 valence electrons. The number of nitrogens with zero attached hydrogens (tertiary/aromatic N) is 2. The normalized spacial score (nSPS) is 14.9. The van der Waals surface area contributed by atoms with E-state index < -0.39 is 0 Å². The summed E-state index contributed by atoms with van der Waals surface area (Å²) in [5, 5.41) is 6.55. The van der Waals surface area contributed by atoms with Gasteiger partial charge >= 0.3 is 0 Å². The van der Waals surface area contributed by atoms with Crippen molar-refractivity contribution in [3.63, 3.8) is 0 Å². The van der Waals surface area contributed by atoms with Crippen LogP contribution in [0.3, 0.4) is 0 Å². The smallest absolute Gasteiger partial charge is 0.191 e. The molecule has 5 nitrogen and oxygen atoms in total. The van der Waals surface area contributed by atoms with E-state index in [0.29, 0.717) is 12.6 Å². The van der Waals surface area contributed by atoms with Crippen LogP contribution >= 0.6 is 24.0 Å². The quantitative estimate of drug-likeness (QED) is 0.301. The van der Waals surface area contributed by atoms with Crippen molar-refractivity contribution in [1.82, 2.24) is 10.6 Å². The third-order valence-corrected chi connectivity index (χ3v) is 3.91. The van der Waals surface area contributed by atoms with Crippen LogP contribution < -0.4 is 15.5 Å². The summed E-state index contributed by atoms with van der Waals surface area (Å²) in [7, 11) is 1.71. The third kappa shape index (κ3) is 5.84. The fourth-order valence-corrected chi connectivity index (χ4v) is 2.76. The van der Waals surface area contributed by atoms with Gasteiger partial charge in [0.05, 0.1) is 13.2 Å². The van der Waals surface area contributed by atoms with Crippen molar-refractivity contribution in [1.29, 1.82) is 0 Å². The van der Waals surface area contributed by atoms with Gasteiger partial charge in [-0.05, 0) is 31.9 Å². The molecule has 0 aliphatic carbocycles. The second-order valence-electron chi connectivity index (χ2n) is 5.56. The summed E-state index contributed by atoms with van der Waals surface area (Å²) in [4.78, 5) is 7.16. The minimum absolute atomic E-state index is 0. The average Bonchev–Trinajstić information content (AvgIpc) is 2.96. The lowest BCUT2D eigenvalue weighted by Gasteiger charge is -2.26. The minimum atomic E-state index is 0. The highest BCUT2D eigenvalue weighted by molar-refractivity contribution is 14.0. The summed E-state index contributed by atoms with van der Waals surface area (Å²) < 4.78 is 5.06. The van der Waals surface area contributed by atoms with Gasteiger partial charge < -0.3 is 20.3 Å². The van der Waals surface area contributed by atoms with Crippen molar-refractivity contribution >= 4 is 35.6 Å². The number of ether oxygens (including phenoxy) is 1. The summed E-state index contributed by atoms with van der Waals surface area (Å²) in [5.74, 6) is 0.860. The number of rotatable bonds is 7. The molecule has 0 amide bonds. The van der Waals surface area contributed by atoms with Crippen molar-refractivity contribution in [3.05, 3.63) is 29.8 Å². The number of guanidine groups is 1. The highest BCUT2D eigenvalue weighted by Gasteiger charge is 2.22. The molecule has 1 aromatic carbocycles. The Morgan fingerprint density at radius 2 is 2.13 bits per heavy atom. The van der Waals surface area contributed by atoms with Crippen LogP contribution in [0.5, 0.6) is 0 Å². The molecule has 1 aromatic rings. The van der Waals surface area contributed by atoms with E-state index in [4.69, 9.17) is 9.73 Å². The first-order valence-corrected chi connectivity index (χ1v) is 8.12. The van der Waals surface area contributed by atoms with Crippen molar-refractivity contribution in [2.24, 2.45) is 4.99 Å². The number of para-hydroxylation sites is 1. The molecule has 2 N–H and O–H groups in total. The van der Waals surface area contributed by atoms with Crippen LogP contribution in [0.15, 0.2) is 29.3 Å². The number of anilines is 1. The van der Waals surface area contributed by atoms with Crippen LogP contribution in [0, 0.1) is 0 Å². The average molecular weight is 432 g/mol. The van der Waals surface area contributed by atoms with Crippen molar-refractivity contribution in [2.75, 3.05) is 44.8 Å². The van der Waals surface area contributed by atoms with Gasteiger partial charge in [0.25, 0.3) is 0 Å². The molecular weight excluding hydrogens is 403 g/mol. The lowest BCUT2D eigenvalue weighted by atomic mass is 10.2. The van der Waals surface area contributed by atoms with Crippen molar-refractivity contribution < 1.29 is 4.74 Å². The van der Waals surface area contributed by atoms with Gasteiger partial charge in [-0.3, -0.25) is 4.99 Å². The van der Waals surface area contributed by atoms with E-state index in [9.17, 15) is 0 Å². The lowest BCUT2D eigenvalue weighted by Crippen LogP contribution is -2.40. The molecule has 6 heteroatoms. The molecule has 1 heterocycles. The predicted octanol–water partition coefficient (Wildman–Crippen LogP) is 2.26. The standard InChI is InChI=1S/C17H28N4O.HI/c1-4-18-17(19-10-12-22-3)20-13-14(2)21-11-9-15-7-5-6-8-16(15)21;/h5-8,14H,4,9-13H2,1-3H3,(H2,18,19,20);1H. The Morgan fingerprint density at radius 1 is 1.35 bits per heavy atom. The number of hydrogen-bond donors (Lipinski definition) is 2.